The van der Waals surface area contributed by atoms with Gasteiger partial charge in [0.1, 0.15) is 6.04 Å². The third-order valence-corrected chi connectivity index (χ3v) is 5.51. The number of non-ortho nitro benzene ring substituents is 1. The van der Waals surface area contributed by atoms with E-state index in [0.717, 1.165) is 6.07 Å². The highest BCUT2D eigenvalue weighted by Gasteiger charge is 2.23. The number of hydrogen-bond acceptors (Lipinski definition) is 6. The maximum absolute atomic E-state index is 12.3. The van der Waals surface area contributed by atoms with E-state index in [1.807, 2.05) is 0 Å². The number of carbonyl (C=O) groups is 2. The summed E-state index contributed by atoms with van der Waals surface area (Å²) in [6.45, 7) is 0. The highest BCUT2D eigenvalue weighted by atomic mass is 32.2. The second-order valence-corrected chi connectivity index (χ2v) is 7.77. The molecule has 0 aliphatic carbocycles. The van der Waals surface area contributed by atoms with Crippen molar-refractivity contribution >= 4 is 27.3 Å². The Morgan fingerprint density at radius 1 is 1.11 bits per heavy atom. The molecule has 1 atom stereocenters. The SMILES string of the molecule is NC(=O)[C@H](CCS(=O)(=O)c1ccccc1)NC(=O)c1cccc([N+](=O)[O-])c1. The first-order chi connectivity index (χ1) is 12.7. The Hall–Kier alpha value is -3.27. The average Bonchev–Trinajstić information content (AvgIpc) is 2.65. The van der Waals surface area contributed by atoms with Gasteiger partial charge in [-0.1, -0.05) is 24.3 Å². The summed E-state index contributed by atoms with van der Waals surface area (Å²) < 4.78 is 24.6. The zero-order valence-corrected chi connectivity index (χ0v) is 14.9. The van der Waals surface area contributed by atoms with Crippen molar-refractivity contribution in [2.45, 2.75) is 17.4 Å². The fraction of sp³-hybridized carbons (Fsp3) is 0.176. The van der Waals surface area contributed by atoms with E-state index in [1.54, 1.807) is 18.2 Å². The fourth-order valence-electron chi connectivity index (χ4n) is 2.31. The van der Waals surface area contributed by atoms with Crippen molar-refractivity contribution in [2.24, 2.45) is 5.73 Å². The number of hydrogen-bond donors (Lipinski definition) is 2. The molecule has 0 heterocycles. The van der Waals surface area contributed by atoms with Crippen molar-refractivity contribution < 1.29 is 22.9 Å². The van der Waals surface area contributed by atoms with Gasteiger partial charge in [-0.25, -0.2) is 8.42 Å². The maximum Gasteiger partial charge on any atom is 0.270 e. The van der Waals surface area contributed by atoms with Crippen LogP contribution in [0.2, 0.25) is 0 Å². The first kappa shape index (κ1) is 20.0. The van der Waals surface area contributed by atoms with Gasteiger partial charge in [-0.2, -0.15) is 0 Å². The summed E-state index contributed by atoms with van der Waals surface area (Å²) in [5.74, 6) is -2.07. The quantitative estimate of drug-likeness (QED) is 0.507. The third kappa shape index (κ3) is 5.35. The van der Waals surface area contributed by atoms with E-state index in [9.17, 15) is 28.1 Å². The highest BCUT2D eigenvalue weighted by molar-refractivity contribution is 7.91. The van der Waals surface area contributed by atoms with Gasteiger partial charge in [0.25, 0.3) is 11.6 Å². The number of rotatable bonds is 8. The van der Waals surface area contributed by atoms with E-state index in [-0.39, 0.29) is 22.6 Å². The maximum atomic E-state index is 12.3. The van der Waals surface area contributed by atoms with Crippen molar-refractivity contribution in [3.05, 3.63) is 70.3 Å². The molecule has 0 bridgehead atoms. The lowest BCUT2D eigenvalue weighted by atomic mass is 10.1. The predicted molar refractivity (Wildman–Crippen MR) is 96.7 cm³/mol. The van der Waals surface area contributed by atoms with Crippen molar-refractivity contribution in [2.75, 3.05) is 5.75 Å². The zero-order valence-electron chi connectivity index (χ0n) is 14.1. The summed E-state index contributed by atoms with van der Waals surface area (Å²) in [6.07, 6.45) is -0.229. The van der Waals surface area contributed by atoms with E-state index in [1.165, 1.54) is 30.3 Å². The summed E-state index contributed by atoms with van der Waals surface area (Å²) in [7, 11) is -3.66. The zero-order chi connectivity index (χ0) is 20.0. The minimum atomic E-state index is -3.66. The summed E-state index contributed by atoms with van der Waals surface area (Å²) in [4.78, 5) is 34.1. The lowest BCUT2D eigenvalue weighted by Crippen LogP contribution is -2.45. The summed E-state index contributed by atoms with van der Waals surface area (Å²) in [6, 6.07) is 11.4. The van der Waals surface area contributed by atoms with Crippen molar-refractivity contribution in [3.63, 3.8) is 0 Å². The van der Waals surface area contributed by atoms with Crippen LogP contribution in [0, 0.1) is 10.1 Å². The lowest BCUT2D eigenvalue weighted by molar-refractivity contribution is -0.384. The molecule has 2 rings (SSSR count). The molecular formula is C17H17N3O6S. The van der Waals surface area contributed by atoms with Gasteiger partial charge < -0.3 is 11.1 Å². The van der Waals surface area contributed by atoms with Gasteiger partial charge >= 0.3 is 0 Å². The van der Waals surface area contributed by atoms with Gasteiger partial charge in [0.05, 0.1) is 15.6 Å². The van der Waals surface area contributed by atoms with Gasteiger partial charge in [0, 0.05) is 17.7 Å². The van der Waals surface area contributed by atoms with Gasteiger partial charge in [-0.15, -0.1) is 0 Å². The van der Waals surface area contributed by atoms with Crippen LogP contribution in [-0.4, -0.2) is 37.0 Å². The molecule has 0 unspecified atom stereocenters. The van der Waals surface area contributed by atoms with Crippen molar-refractivity contribution in [1.29, 1.82) is 0 Å². The smallest absolute Gasteiger partial charge is 0.270 e. The largest absolute Gasteiger partial charge is 0.368 e. The van der Waals surface area contributed by atoms with Crippen LogP contribution < -0.4 is 11.1 Å². The molecule has 0 saturated heterocycles. The van der Waals surface area contributed by atoms with E-state index in [0.29, 0.717) is 0 Å². The second kappa shape index (κ2) is 8.41. The Morgan fingerprint density at radius 3 is 2.37 bits per heavy atom. The standard InChI is InChI=1S/C17H17N3O6S/c18-16(21)15(9-10-27(25,26)14-7-2-1-3-8-14)19-17(22)12-5-4-6-13(11-12)20(23)24/h1-8,11,15H,9-10H2,(H2,18,21)(H,19,22)/t15-/m0/s1. The first-order valence-corrected chi connectivity index (χ1v) is 9.48. The molecule has 0 radical (unpaired) electrons. The van der Waals surface area contributed by atoms with Crippen molar-refractivity contribution in [3.8, 4) is 0 Å². The number of primary amides is 1. The molecule has 2 aromatic rings. The predicted octanol–water partition coefficient (Wildman–Crippen LogP) is 1.04. The second-order valence-electron chi connectivity index (χ2n) is 5.66. The number of carbonyl (C=O) groups excluding carboxylic acids is 2. The monoisotopic (exact) mass is 391 g/mol. The van der Waals surface area contributed by atoms with Gasteiger partial charge in [0.15, 0.2) is 9.84 Å². The van der Waals surface area contributed by atoms with Crippen LogP contribution >= 0.6 is 0 Å². The Morgan fingerprint density at radius 2 is 1.78 bits per heavy atom. The van der Waals surface area contributed by atoms with Crippen LogP contribution in [0.15, 0.2) is 59.5 Å². The number of nitro benzene ring substituents is 1. The van der Waals surface area contributed by atoms with E-state index < -0.39 is 38.4 Å². The molecule has 0 fully saturated rings. The lowest BCUT2D eigenvalue weighted by Gasteiger charge is -2.15. The van der Waals surface area contributed by atoms with E-state index >= 15 is 0 Å². The third-order valence-electron chi connectivity index (χ3n) is 3.75. The normalized spacial score (nSPS) is 12.1. The molecule has 2 amide bonds. The molecule has 2 aromatic carbocycles. The van der Waals surface area contributed by atoms with Gasteiger partial charge in [0.2, 0.25) is 5.91 Å². The van der Waals surface area contributed by atoms with Crippen LogP contribution in [-0.2, 0) is 14.6 Å². The van der Waals surface area contributed by atoms with E-state index in [4.69, 9.17) is 5.73 Å². The number of amides is 2. The Bertz CT molecular complexity index is 960. The Balaban J connectivity index is 2.10. The van der Waals surface area contributed by atoms with Gasteiger partial charge in [-0.05, 0) is 24.6 Å². The minimum absolute atomic E-state index is 0.0404. The van der Waals surface area contributed by atoms with Crippen LogP contribution in [0.1, 0.15) is 16.8 Å². The number of sulfone groups is 1. The number of nitrogens with two attached hydrogens (primary N) is 1. The molecule has 9 nitrogen and oxygen atoms in total. The number of nitrogens with one attached hydrogen (secondary N) is 1. The summed E-state index contributed by atoms with van der Waals surface area (Å²) in [5, 5.41) is 13.1. The number of nitro groups is 1. The van der Waals surface area contributed by atoms with Crippen LogP contribution in [0.4, 0.5) is 5.69 Å². The molecule has 10 heteroatoms. The summed E-state index contributed by atoms with van der Waals surface area (Å²) >= 11 is 0. The highest BCUT2D eigenvalue weighted by Crippen LogP contribution is 2.14. The molecule has 0 saturated carbocycles. The molecule has 27 heavy (non-hydrogen) atoms. The fourth-order valence-corrected chi connectivity index (χ4v) is 3.66. The van der Waals surface area contributed by atoms with Crippen LogP contribution in [0.25, 0.3) is 0 Å². The average molecular weight is 391 g/mol. The molecule has 142 valence electrons. The Kier molecular flexibility index (Phi) is 6.24. The molecule has 0 aliphatic rings. The van der Waals surface area contributed by atoms with E-state index in [2.05, 4.69) is 5.32 Å². The molecular weight excluding hydrogens is 374 g/mol. The first-order valence-electron chi connectivity index (χ1n) is 7.83. The molecule has 0 aliphatic heterocycles. The molecule has 3 N–H and O–H groups in total. The summed E-state index contributed by atoms with van der Waals surface area (Å²) in [5.41, 5.74) is 4.93. The van der Waals surface area contributed by atoms with Crippen LogP contribution in [0.3, 0.4) is 0 Å². The molecule has 0 aromatic heterocycles. The minimum Gasteiger partial charge on any atom is -0.368 e. The van der Waals surface area contributed by atoms with Crippen LogP contribution in [0.5, 0.6) is 0 Å². The van der Waals surface area contributed by atoms with Gasteiger partial charge in [-0.3, -0.25) is 19.7 Å². The Labute approximate surface area is 155 Å². The topological polar surface area (TPSA) is 149 Å². The number of benzene rings is 2. The van der Waals surface area contributed by atoms with Crippen molar-refractivity contribution in [1.82, 2.24) is 5.32 Å². The molecule has 0 spiro atoms. The number of nitrogens with zero attached hydrogens (tertiary/aromatic N) is 1.